The zero-order chi connectivity index (χ0) is 16.7. The van der Waals surface area contributed by atoms with Gasteiger partial charge in [0.25, 0.3) is 5.91 Å². The first-order chi connectivity index (χ1) is 11.6. The second kappa shape index (κ2) is 5.64. The Labute approximate surface area is 145 Å². The van der Waals surface area contributed by atoms with Crippen LogP contribution in [0.25, 0.3) is 0 Å². The van der Waals surface area contributed by atoms with E-state index in [0.717, 1.165) is 11.3 Å². The summed E-state index contributed by atoms with van der Waals surface area (Å²) < 4.78 is 0. The number of halogens is 1. The summed E-state index contributed by atoms with van der Waals surface area (Å²) in [6.07, 6.45) is 1.26. The van der Waals surface area contributed by atoms with Gasteiger partial charge in [-0.2, -0.15) is 0 Å². The SMILES string of the molecule is O=C(c1ccccc1Cl)N1CCC2(CC1)C(=O)Nc1ccccc12. The quantitative estimate of drug-likeness (QED) is 0.864. The molecule has 1 fully saturated rings. The highest BCUT2D eigenvalue weighted by molar-refractivity contribution is 6.33. The van der Waals surface area contributed by atoms with E-state index in [4.69, 9.17) is 11.6 Å². The number of hydrogen-bond acceptors (Lipinski definition) is 2. The molecule has 1 N–H and O–H groups in total. The van der Waals surface area contributed by atoms with Crippen molar-refractivity contribution in [3.05, 3.63) is 64.7 Å². The lowest BCUT2D eigenvalue weighted by molar-refractivity contribution is -0.122. The number of likely N-dealkylation sites (tertiary alicyclic amines) is 1. The molecule has 122 valence electrons. The summed E-state index contributed by atoms with van der Waals surface area (Å²) in [6.45, 7) is 1.09. The number of benzene rings is 2. The topological polar surface area (TPSA) is 49.4 Å². The number of para-hydroxylation sites is 1. The van der Waals surface area contributed by atoms with Crippen LogP contribution >= 0.6 is 11.6 Å². The van der Waals surface area contributed by atoms with Gasteiger partial charge in [-0.25, -0.2) is 0 Å². The van der Waals surface area contributed by atoms with E-state index in [0.29, 0.717) is 36.5 Å². The van der Waals surface area contributed by atoms with Crippen molar-refractivity contribution in [2.75, 3.05) is 18.4 Å². The van der Waals surface area contributed by atoms with Crippen molar-refractivity contribution in [3.63, 3.8) is 0 Å². The normalized spacial score (nSPS) is 18.4. The molecular formula is C19H17ClN2O2. The van der Waals surface area contributed by atoms with Crippen LogP contribution in [0.15, 0.2) is 48.5 Å². The highest BCUT2D eigenvalue weighted by Gasteiger charge is 2.48. The number of rotatable bonds is 1. The van der Waals surface area contributed by atoms with Gasteiger partial charge < -0.3 is 10.2 Å². The second-order valence-electron chi connectivity index (χ2n) is 6.35. The first kappa shape index (κ1) is 15.2. The van der Waals surface area contributed by atoms with Gasteiger partial charge in [-0.3, -0.25) is 9.59 Å². The van der Waals surface area contributed by atoms with Gasteiger partial charge in [0.1, 0.15) is 0 Å². The lowest BCUT2D eigenvalue weighted by Gasteiger charge is -2.38. The minimum atomic E-state index is -0.506. The number of nitrogens with one attached hydrogen (secondary N) is 1. The van der Waals surface area contributed by atoms with Gasteiger partial charge in [-0.1, -0.05) is 41.9 Å². The fraction of sp³-hybridized carbons (Fsp3) is 0.263. The summed E-state index contributed by atoms with van der Waals surface area (Å²) in [7, 11) is 0. The molecule has 0 aliphatic carbocycles. The number of nitrogens with zero attached hydrogens (tertiary/aromatic N) is 1. The molecular weight excluding hydrogens is 324 g/mol. The van der Waals surface area contributed by atoms with Gasteiger partial charge in [0.05, 0.1) is 16.0 Å². The molecule has 0 saturated carbocycles. The van der Waals surface area contributed by atoms with Crippen LogP contribution in [0.2, 0.25) is 5.02 Å². The molecule has 4 rings (SSSR count). The third-order valence-corrected chi connectivity index (χ3v) is 5.46. The molecule has 2 aliphatic rings. The summed E-state index contributed by atoms with van der Waals surface area (Å²) >= 11 is 6.14. The highest BCUT2D eigenvalue weighted by Crippen LogP contribution is 2.44. The van der Waals surface area contributed by atoms with Crippen LogP contribution in [-0.2, 0) is 10.2 Å². The van der Waals surface area contributed by atoms with Crippen molar-refractivity contribution in [2.24, 2.45) is 0 Å². The van der Waals surface area contributed by atoms with E-state index >= 15 is 0 Å². The van der Waals surface area contributed by atoms with Crippen molar-refractivity contribution in [2.45, 2.75) is 18.3 Å². The van der Waals surface area contributed by atoms with E-state index in [-0.39, 0.29) is 11.8 Å². The molecule has 0 aromatic heterocycles. The lowest BCUT2D eigenvalue weighted by Crippen LogP contribution is -2.48. The summed E-state index contributed by atoms with van der Waals surface area (Å²) in [4.78, 5) is 27.1. The van der Waals surface area contributed by atoms with E-state index in [1.54, 1.807) is 17.0 Å². The number of anilines is 1. The van der Waals surface area contributed by atoms with Crippen LogP contribution in [0.5, 0.6) is 0 Å². The van der Waals surface area contributed by atoms with Crippen molar-refractivity contribution in [1.29, 1.82) is 0 Å². The van der Waals surface area contributed by atoms with Gasteiger partial charge >= 0.3 is 0 Å². The van der Waals surface area contributed by atoms with Crippen LogP contribution in [0.1, 0.15) is 28.8 Å². The van der Waals surface area contributed by atoms with Gasteiger partial charge in [0.2, 0.25) is 5.91 Å². The Kier molecular flexibility index (Phi) is 3.57. The zero-order valence-electron chi connectivity index (χ0n) is 13.1. The maximum Gasteiger partial charge on any atom is 0.255 e. The molecule has 0 bridgehead atoms. The minimum absolute atomic E-state index is 0.0496. The molecule has 5 heteroatoms. The number of hydrogen-bond donors (Lipinski definition) is 1. The lowest BCUT2D eigenvalue weighted by atomic mass is 9.73. The minimum Gasteiger partial charge on any atom is -0.339 e. The molecule has 0 radical (unpaired) electrons. The third kappa shape index (κ3) is 2.21. The summed E-state index contributed by atoms with van der Waals surface area (Å²) in [6, 6.07) is 14.9. The molecule has 2 aliphatic heterocycles. The van der Waals surface area contributed by atoms with Crippen LogP contribution in [0.4, 0.5) is 5.69 Å². The van der Waals surface area contributed by atoms with Crippen LogP contribution in [0.3, 0.4) is 0 Å². The molecule has 2 heterocycles. The number of fused-ring (bicyclic) bond motifs is 2. The number of piperidine rings is 1. The maximum atomic E-state index is 12.7. The molecule has 2 aromatic carbocycles. The van der Waals surface area contributed by atoms with E-state index in [2.05, 4.69) is 5.32 Å². The predicted octanol–water partition coefficient (Wildman–Crippen LogP) is 3.47. The number of carbonyl (C=O) groups excluding carboxylic acids is 2. The third-order valence-electron chi connectivity index (χ3n) is 5.13. The predicted molar refractivity (Wildman–Crippen MR) is 93.3 cm³/mol. The van der Waals surface area contributed by atoms with Crippen LogP contribution in [-0.4, -0.2) is 29.8 Å². The maximum absolute atomic E-state index is 12.7. The molecule has 0 atom stereocenters. The Morgan fingerprint density at radius 1 is 1.04 bits per heavy atom. The van der Waals surface area contributed by atoms with Crippen molar-refractivity contribution in [3.8, 4) is 0 Å². The van der Waals surface area contributed by atoms with Gasteiger partial charge in [0, 0.05) is 18.8 Å². The average molecular weight is 341 g/mol. The largest absolute Gasteiger partial charge is 0.339 e. The van der Waals surface area contributed by atoms with E-state index in [9.17, 15) is 9.59 Å². The summed E-state index contributed by atoms with van der Waals surface area (Å²) in [5, 5.41) is 3.44. The smallest absolute Gasteiger partial charge is 0.255 e. The first-order valence-corrected chi connectivity index (χ1v) is 8.44. The van der Waals surface area contributed by atoms with E-state index in [1.807, 2.05) is 36.4 Å². The van der Waals surface area contributed by atoms with Gasteiger partial charge in [0.15, 0.2) is 0 Å². The molecule has 4 nitrogen and oxygen atoms in total. The molecule has 1 saturated heterocycles. The number of amides is 2. The van der Waals surface area contributed by atoms with Crippen LogP contribution in [0, 0.1) is 0 Å². The first-order valence-electron chi connectivity index (χ1n) is 8.07. The summed E-state index contributed by atoms with van der Waals surface area (Å²) in [5.41, 5.74) is 1.97. The standard InChI is InChI=1S/C19H17ClN2O2/c20-15-7-3-1-5-13(15)17(23)22-11-9-19(10-12-22)14-6-2-4-8-16(14)21-18(19)24/h1-8H,9-12H2,(H,21,24). The molecule has 24 heavy (non-hydrogen) atoms. The molecule has 2 amide bonds. The Balaban J connectivity index is 1.57. The highest BCUT2D eigenvalue weighted by atomic mass is 35.5. The van der Waals surface area contributed by atoms with E-state index < -0.39 is 5.41 Å². The fourth-order valence-electron chi connectivity index (χ4n) is 3.77. The second-order valence-corrected chi connectivity index (χ2v) is 6.76. The van der Waals surface area contributed by atoms with Gasteiger partial charge in [-0.05, 0) is 36.6 Å². The Bertz CT molecular complexity index is 826. The van der Waals surface area contributed by atoms with Gasteiger partial charge in [-0.15, -0.1) is 0 Å². The van der Waals surface area contributed by atoms with Crippen molar-refractivity contribution in [1.82, 2.24) is 4.90 Å². The monoisotopic (exact) mass is 340 g/mol. The molecule has 1 spiro atoms. The number of carbonyl (C=O) groups is 2. The molecule has 2 aromatic rings. The summed E-state index contributed by atoms with van der Waals surface area (Å²) in [5.74, 6) is -0.0179. The fourth-order valence-corrected chi connectivity index (χ4v) is 3.98. The Morgan fingerprint density at radius 3 is 2.46 bits per heavy atom. The average Bonchev–Trinajstić information content (AvgIpc) is 2.88. The Morgan fingerprint density at radius 2 is 1.71 bits per heavy atom. The van der Waals surface area contributed by atoms with Crippen molar-refractivity contribution < 1.29 is 9.59 Å². The molecule has 0 unspecified atom stereocenters. The Hall–Kier alpha value is -2.33. The van der Waals surface area contributed by atoms with E-state index in [1.165, 1.54) is 0 Å². The zero-order valence-corrected chi connectivity index (χ0v) is 13.8. The van der Waals surface area contributed by atoms with Crippen molar-refractivity contribution >= 4 is 29.1 Å². The van der Waals surface area contributed by atoms with Crippen LogP contribution < -0.4 is 5.32 Å².